The second-order valence-electron chi connectivity index (χ2n) is 3.82. The van der Waals surface area contributed by atoms with Gasteiger partial charge >= 0.3 is 0 Å². The topological polar surface area (TPSA) is 66.0 Å². The Bertz CT molecular complexity index is 500. The molecule has 0 aliphatic heterocycles. The first kappa shape index (κ1) is 12.7. The average molecular weight is 250 g/mol. The van der Waals surface area contributed by atoms with Gasteiger partial charge in [-0.2, -0.15) is 0 Å². The largest absolute Gasteiger partial charge is 0.375 e. The maximum absolute atomic E-state index is 13.3. The molecule has 0 radical (unpaired) electrons. The van der Waals surface area contributed by atoms with Crippen molar-refractivity contribution in [3.05, 3.63) is 47.5 Å². The summed E-state index contributed by atoms with van der Waals surface area (Å²) in [4.78, 5) is 0. The zero-order chi connectivity index (χ0) is 12.8. The third-order valence-corrected chi connectivity index (χ3v) is 2.48. The van der Waals surface area contributed by atoms with Gasteiger partial charge in [0.25, 0.3) is 0 Å². The minimum absolute atomic E-state index is 0.247. The number of ether oxygens (including phenoxy) is 1. The molecule has 1 aromatic carbocycles. The molecule has 0 amide bonds. The molecule has 0 saturated heterocycles. The van der Waals surface area contributed by atoms with Crippen molar-refractivity contribution < 1.29 is 9.13 Å². The molecule has 0 saturated carbocycles. The number of aromatic nitrogens is 3. The van der Waals surface area contributed by atoms with Gasteiger partial charge in [-0.3, -0.25) is 0 Å². The molecule has 0 unspecified atom stereocenters. The number of nitrogens with two attached hydrogens (primary N) is 1. The van der Waals surface area contributed by atoms with E-state index >= 15 is 0 Å². The van der Waals surface area contributed by atoms with Crippen molar-refractivity contribution in [2.45, 2.75) is 19.7 Å². The average Bonchev–Trinajstić information content (AvgIpc) is 2.84. The summed E-state index contributed by atoms with van der Waals surface area (Å²) in [7, 11) is 0. The molecule has 2 N–H and O–H groups in total. The van der Waals surface area contributed by atoms with E-state index in [9.17, 15) is 4.39 Å². The van der Waals surface area contributed by atoms with E-state index in [1.54, 1.807) is 29.1 Å². The lowest BCUT2D eigenvalue weighted by molar-refractivity contribution is 0.108. The summed E-state index contributed by atoms with van der Waals surface area (Å²) in [6, 6.07) is 6.57. The van der Waals surface area contributed by atoms with E-state index in [2.05, 4.69) is 10.3 Å². The predicted molar refractivity (Wildman–Crippen MR) is 64.0 cm³/mol. The van der Waals surface area contributed by atoms with Crippen LogP contribution in [-0.4, -0.2) is 21.6 Å². The zero-order valence-electron chi connectivity index (χ0n) is 9.92. The Balaban J connectivity index is 1.74. The molecule has 2 rings (SSSR count). The van der Waals surface area contributed by atoms with Crippen LogP contribution in [-0.2, 0) is 24.4 Å². The Morgan fingerprint density at radius 2 is 2.17 bits per heavy atom. The Kier molecular flexibility index (Phi) is 4.38. The summed E-state index contributed by atoms with van der Waals surface area (Å²) in [5, 5.41) is 7.74. The van der Waals surface area contributed by atoms with Crippen LogP contribution in [0.15, 0.2) is 30.5 Å². The van der Waals surface area contributed by atoms with E-state index in [0.717, 1.165) is 5.69 Å². The number of nitrogens with zero attached hydrogens (tertiary/aromatic N) is 3. The predicted octanol–water partition coefficient (Wildman–Crippen LogP) is 1.09. The smallest absolute Gasteiger partial charge is 0.128 e. The van der Waals surface area contributed by atoms with Gasteiger partial charge in [0.1, 0.15) is 5.82 Å². The molecule has 0 aliphatic rings. The fourth-order valence-electron chi connectivity index (χ4n) is 1.50. The van der Waals surface area contributed by atoms with Gasteiger partial charge in [0.15, 0.2) is 0 Å². The second kappa shape index (κ2) is 6.23. The van der Waals surface area contributed by atoms with Gasteiger partial charge in [-0.1, -0.05) is 23.4 Å². The molecule has 1 heterocycles. The molecule has 6 heteroatoms. The van der Waals surface area contributed by atoms with E-state index in [0.29, 0.717) is 25.3 Å². The summed E-state index contributed by atoms with van der Waals surface area (Å²) in [5.41, 5.74) is 6.72. The fraction of sp³-hybridized carbons (Fsp3) is 0.333. The third-order valence-electron chi connectivity index (χ3n) is 2.48. The van der Waals surface area contributed by atoms with Crippen LogP contribution in [0.5, 0.6) is 0 Å². The van der Waals surface area contributed by atoms with Gasteiger partial charge in [-0.05, 0) is 6.07 Å². The van der Waals surface area contributed by atoms with Crippen molar-refractivity contribution in [3.63, 3.8) is 0 Å². The van der Waals surface area contributed by atoms with Crippen molar-refractivity contribution in [1.29, 1.82) is 0 Å². The lowest BCUT2D eigenvalue weighted by Crippen LogP contribution is -2.07. The number of halogens is 1. The van der Waals surface area contributed by atoms with Crippen molar-refractivity contribution >= 4 is 0 Å². The maximum atomic E-state index is 13.3. The molecule has 0 aliphatic carbocycles. The van der Waals surface area contributed by atoms with Gasteiger partial charge in [-0.25, -0.2) is 9.07 Å². The van der Waals surface area contributed by atoms with Crippen LogP contribution in [0.2, 0.25) is 0 Å². The van der Waals surface area contributed by atoms with Crippen LogP contribution < -0.4 is 5.73 Å². The first-order valence-electron chi connectivity index (χ1n) is 5.70. The number of benzene rings is 1. The maximum Gasteiger partial charge on any atom is 0.128 e. The Labute approximate surface area is 104 Å². The van der Waals surface area contributed by atoms with Crippen molar-refractivity contribution in [3.8, 4) is 0 Å². The van der Waals surface area contributed by atoms with E-state index in [1.807, 2.05) is 0 Å². The molecule has 0 fully saturated rings. The van der Waals surface area contributed by atoms with Crippen LogP contribution in [0.4, 0.5) is 4.39 Å². The molecule has 1 aromatic heterocycles. The SMILES string of the molecule is NCc1cn(CCOCc2ccccc2F)nn1. The normalized spacial score (nSPS) is 10.8. The molecular formula is C12H15FN4O. The lowest BCUT2D eigenvalue weighted by atomic mass is 10.2. The highest BCUT2D eigenvalue weighted by Gasteiger charge is 2.01. The van der Waals surface area contributed by atoms with Crippen LogP contribution in [0, 0.1) is 5.82 Å². The van der Waals surface area contributed by atoms with Crippen LogP contribution >= 0.6 is 0 Å². The number of hydrogen-bond donors (Lipinski definition) is 1. The first-order chi connectivity index (χ1) is 8.79. The molecule has 0 bridgehead atoms. The van der Waals surface area contributed by atoms with Crippen molar-refractivity contribution in [1.82, 2.24) is 15.0 Å². The highest BCUT2D eigenvalue weighted by molar-refractivity contribution is 5.16. The monoisotopic (exact) mass is 250 g/mol. The quantitative estimate of drug-likeness (QED) is 0.779. The molecule has 18 heavy (non-hydrogen) atoms. The van der Waals surface area contributed by atoms with E-state index in [4.69, 9.17) is 10.5 Å². The zero-order valence-corrected chi connectivity index (χ0v) is 9.92. The van der Waals surface area contributed by atoms with Crippen molar-refractivity contribution in [2.24, 2.45) is 5.73 Å². The second-order valence-corrected chi connectivity index (χ2v) is 3.82. The molecular weight excluding hydrogens is 235 g/mol. The van der Waals surface area contributed by atoms with Gasteiger partial charge in [-0.15, -0.1) is 5.10 Å². The van der Waals surface area contributed by atoms with E-state index in [1.165, 1.54) is 6.07 Å². The third kappa shape index (κ3) is 3.35. The molecule has 0 spiro atoms. The Morgan fingerprint density at radius 3 is 2.89 bits per heavy atom. The van der Waals surface area contributed by atoms with Crippen LogP contribution in [0.1, 0.15) is 11.3 Å². The van der Waals surface area contributed by atoms with Gasteiger partial charge in [0.2, 0.25) is 0 Å². The molecule has 0 atom stereocenters. The Morgan fingerprint density at radius 1 is 1.33 bits per heavy atom. The van der Waals surface area contributed by atoms with E-state index in [-0.39, 0.29) is 12.4 Å². The lowest BCUT2D eigenvalue weighted by Gasteiger charge is -2.05. The summed E-state index contributed by atoms with van der Waals surface area (Å²) in [5.74, 6) is -0.247. The number of rotatable bonds is 6. The summed E-state index contributed by atoms with van der Waals surface area (Å²) in [6.45, 7) is 1.64. The summed E-state index contributed by atoms with van der Waals surface area (Å²) >= 11 is 0. The molecule has 96 valence electrons. The Hall–Kier alpha value is -1.79. The fourth-order valence-corrected chi connectivity index (χ4v) is 1.50. The number of hydrogen-bond acceptors (Lipinski definition) is 4. The van der Waals surface area contributed by atoms with Crippen molar-refractivity contribution in [2.75, 3.05) is 6.61 Å². The highest BCUT2D eigenvalue weighted by Crippen LogP contribution is 2.07. The highest BCUT2D eigenvalue weighted by atomic mass is 19.1. The van der Waals surface area contributed by atoms with Gasteiger partial charge < -0.3 is 10.5 Å². The molecule has 2 aromatic rings. The first-order valence-corrected chi connectivity index (χ1v) is 5.70. The molecule has 5 nitrogen and oxygen atoms in total. The van der Waals surface area contributed by atoms with Gasteiger partial charge in [0.05, 0.1) is 25.5 Å². The standard InChI is InChI=1S/C12H15FN4O/c13-12-4-2-1-3-10(12)9-18-6-5-17-8-11(7-14)15-16-17/h1-4,8H,5-7,9,14H2. The van der Waals surface area contributed by atoms with Gasteiger partial charge in [0, 0.05) is 18.3 Å². The van der Waals surface area contributed by atoms with E-state index < -0.39 is 0 Å². The minimum Gasteiger partial charge on any atom is -0.375 e. The minimum atomic E-state index is -0.247. The summed E-state index contributed by atoms with van der Waals surface area (Å²) < 4.78 is 20.3. The van der Waals surface area contributed by atoms with Crippen LogP contribution in [0.25, 0.3) is 0 Å². The summed E-state index contributed by atoms with van der Waals surface area (Å²) in [6.07, 6.45) is 1.77. The van der Waals surface area contributed by atoms with Crippen LogP contribution in [0.3, 0.4) is 0 Å².